The molecule has 32 heavy (non-hydrogen) atoms. The second kappa shape index (κ2) is 9.60. The summed E-state index contributed by atoms with van der Waals surface area (Å²) in [6.07, 6.45) is 3.64. The number of fused-ring (bicyclic) bond motifs is 1. The highest BCUT2D eigenvalue weighted by Crippen LogP contribution is 2.30. The molecule has 0 unspecified atom stereocenters. The fourth-order valence-corrected chi connectivity index (χ4v) is 4.82. The molecule has 0 atom stereocenters. The van der Waals surface area contributed by atoms with Crippen LogP contribution in [0.25, 0.3) is 21.9 Å². The topological polar surface area (TPSA) is 75.2 Å². The van der Waals surface area contributed by atoms with Gasteiger partial charge in [0.2, 0.25) is 0 Å². The van der Waals surface area contributed by atoms with Crippen molar-refractivity contribution in [2.75, 3.05) is 43.6 Å². The minimum Gasteiger partial charge on any atom is -0.378 e. The Morgan fingerprint density at radius 2 is 1.97 bits per heavy atom. The Kier molecular flexibility index (Phi) is 6.24. The van der Waals surface area contributed by atoms with Gasteiger partial charge in [-0.15, -0.1) is 16.4 Å². The van der Waals surface area contributed by atoms with E-state index in [1.54, 1.807) is 17.5 Å². The van der Waals surface area contributed by atoms with E-state index in [1.807, 2.05) is 13.2 Å². The number of benzene rings is 1. The SMILES string of the molecule is CNCc1ccccc1-c1csc(CNc2nncc3cnc(N4CCOCC4)cc23)c1. The van der Waals surface area contributed by atoms with E-state index in [0.29, 0.717) is 6.54 Å². The monoisotopic (exact) mass is 446 g/mol. The van der Waals surface area contributed by atoms with Gasteiger partial charge in [-0.25, -0.2) is 4.98 Å². The Morgan fingerprint density at radius 1 is 1.09 bits per heavy atom. The number of ether oxygens (including phenoxy) is 1. The molecule has 7 nitrogen and oxygen atoms in total. The number of nitrogens with zero attached hydrogens (tertiary/aromatic N) is 4. The summed E-state index contributed by atoms with van der Waals surface area (Å²) in [5.41, 5.74) is 3.83. The lowest BCUT2D eigenvalue weighted by Gasteiger charge is -2.28. The van der Waals surface area contributed by atoms with Gasteiger partial charge in [0.1, 0.15) is 5.82 Å². The fourth-order valence-electron chi connectivity index (χ4n) is 3.99. The zero-order valence-corrected chi connectivity index (χ0v) is 18.9. The van der Waals surface area contributed by atoms with E-state index in [-0.39, 0.29) is 0 Å². The van der Waals surface area contributed by atoms with Gasteiger partial charge in [-0.3, -0.25) is 0 Å². The normalized spacial score (nSPS) is 14.1. The summed E-state index contributed by atoms with van der Waals surface area (Å²) in [6.45, 7) is 4.72. The van der Waals surface area contributed by atoms with Crippen molar-refractivity contribution in [1.29, 1.82) is 0 Å². The van der Waals surface area contributed by atoms with Crippen LogP contribution in [0.15, 0.2) is 54.2 Å². The second-order valence-electron chi connectivity index (χ2n) is 7.77. The molecule has 1 saturated heterocycles. The number of hydrogen-bond donors (Lipinski definition) is 2. The molecule has 0 bridgehead atoms. The summed E-state index contributed by atoms with van der Waals surface area (Å²) in [4.78, 5) is 8.12. The van der Waals surface area contributed by atoms with Gasteiger partial charge in [-0.1, -0.05) is 24.3 Å². The first-order chi connectivity index (χ1) is 15.8. The van der Waals surface area contributed by atoms with E-state index < -0.39 is 0 Å². The Bertz CT molecular complexity index is 1200. The van der Waals surface area contributed by atoms with E-state index in [1.165, 1.54) is 21.6 Å². The van der Waals surface area contributed by atoms with Crippen LogP contribution in [-0.4, -0.2) is 48.5 Å². The summed E-state index contributed by atoms with van der Waals surface area (Å²) in [6, 6.07) is 12.9. The molecule has 0 saturated carbocycles. The molecule has 1 fully saturated rings. The summed E-state index contributed by atoms with van der Waals surface area (Å²) >= 11 is 1.76. The first kappa shape index (κ1) is 20.8. The molecule has 5 rings (SSSR count). The highest BCUT2D eigenvalue weighted by atomic mass is 32.1. The Labute approximate surface area is 191 Å². The van der Waals surface area contributed by atoms with Crippen molar-refractivity contribution in [2.45, 2.75) is 13.1 Å². The third-order valence-corrected chi connectivity index (χ3v) is 6.58. The number of pyridine rings is 1. The van der Waals surface area contributed by atoms with Crippen LogP contribution in [0.3, 0.4) is 0 Å². The van der Waals surface area contributed by atoms with Crippen LogP contribution in [0.2, 0.25) is 0 Å². The van der Waals surface area contributed by atoms with Gasteiger partial charge in [0.25, 0.3) is 0 Å². The Balaban J connectivity index is 1.35. The molecule has 0 amide bonds. The Hall–Kier alpha value is -3.07. The molecule has 164 valence electrons. The van der Waals surface area contributed by atoms with Crippen molar-refractivity contribution in [3.63, 3.8) is 0 Å². The zero-order chi connectivity index (χ0) is 21.8. The maximum absolute atomic E-state index is 5.47. The maximum Gasteiger partial charge on any atom is 0.157 e. The molecule has 1 aromatic carbocycles. The number of aromatic nitrogens is 3. The van der Waals surface area contributed by atoms with E-state index in [9.17, 15) is 0 Å². The molecule has 3 aromatic heterocycles. The standard InChI is InChI=1S/C24H26N6OS/c1-25-12-17-4-2-3-5-21(17)18-10-20(32-16-18)15-27-24-22-11-23(30-6-8-31-9-7-30)26-13-19(22)14-28-29-24/h2-5,10-11,13-14,16,25H,6-9,12,15H2,1H3,(H,27,29). The first-order valence-electron chi connectivity index (χ1n) is 10.8. The molecule has 0 spiro atoms. The second-order valence-corrected chi connectivity index (χ2v) is 8.76. The van der Waals surface area contributed by atoms with Gasteiger partial charge in [0.05, 0.1) is 26.0 Å². The van der Waals surface area contributed by atoms with Crippen molar-refractivity contribution >= 4 is 33.7 Å². The predicted molar refractivity (Wildman–Crippen MR) is 130 cm³/mol. The molecular weight excluding hydrogens is 420 g/mol. The highest BCUT2D eigenvalue weighted by Gasteiger charge is 2.14. The van der Waals surface area contributed by atoms with Crippen LogP contribution in [0.5, 0.6) is 0 Å². The predicted octanol–water partition coefficient (Wildman–Crippen LogP) is 3.92. The van der Waals surface area contributed by atoms with Crippen molar-refractivity contribution in [3.05, 3.63) is 64.6 Å². The van der Waals surface area contributed by atoms with Crippen molar-refractivity contribution in [3.8, 4) is 11.1 Å². The number of nitrogens with one attached hydrogen (secondary N) is 2. The number of hydrogen-bond acceptors (Lipinski definition) is 8. The molecule has 4 aromatic rings. The zero-order valence-electron chi connectivity index (χ0n) is 18.0. The lowest BCUT2D eigenvalue weighted by atomic mass is 10.0. The molecule has 8 heteroatoms. The minimum absolute atomic E-state index is 0.696. The summed E-state index contributed by atoms with van der Waals surface area (Å²) in [5.74, 6) is 1.74. The van der Waals surface area contributed by atoms with E-state index in [4.69, 9.17) is 4.74 Å². The van der Waals surface area contributed by atoms with Crippen LogP contribution in [0, 0.1) is 0 Å². The van der Waals surface area contributed by atoms with Crippen LogP contribution < -0.4 is 15.5 Å². The van der Waals surface area contributed by atoms with Crippen molar-refractivity contribution < 1.29 is 4.74 Å². The van der Waals surface area contributed by atoms with Gasteiger partial charge < -0.3 is 20.3 Å². The molecule has 1 aliphatic heterocycles. The number of anilines is 2. The largest absolute Gasteiger partial charge is 0.378 e. The summed E-state index contributed by atoms with van der Waals surface area (Å²) in [7, 11) is 1.98. The smallest absolute Gasteiger partial charge is 0.157 e. The summed E-state index contributed by atoms with van der Waals surface area (Å²) in [5, 5.41) is 19.5. The van der Waals surface area contributed by atoms with Gasteiger partial charge >= 0.3 is 0 Å². The van der Waals surface area contributed by atoms with E-state index in [0.717, 1.165) is 55.3 Å². The average molecular weight is 447 g/mol. The van der Waals surface area contributed by atoms with Crippen molar-refractivity contribution in [2.24, 2.45) is 0 Å². The first-order valence-corrected chi connectivity index (χ1v) is 11.7. The van der Waals surface area contributed by atoms with Gasteiger partial charge in [-0.2, -0.15) is 5.10 Å². The van der Waals surface area contributed by atoms with Crippen LogP contribution in [-0.2, 0) is 17.8 Å². The maximum atomic E-state index is 5.47. The van der Waals surface area contributed by atoms with Crippen LogP contribution in [0.1, 0.15) is 10.4 Å². The summed E-state index contributed by atoms with van der Waals surface area (Å²) < 4.78 is 5.47. The Morgan fingerprint density at radius 3 is 2.84 bits per heavy atom. The van der Waals surface area contributed by atoms with E-state index in [2.05, 4.69) is 72.5 Å². The average Bonchev–Trinajstić information content (AvgIpc) is 3.32. The molecular formula is C24H26N6OS. The van der Waals surface area contributed by atoms with Crippen LogP contribution in [0.4, 0.5) is 11.6 Å². The van der Waals surface area contributed by atoms with E-state index >= 15 is 0 Å². The molecule has 0 aliphatic carbocycles. The van der Waals surface area contributed by atoms with Crippen LogP contribution >= 0.6 is 11.3 Å². The number of morpholine rings is 1. The van der Waals surface area contributed by atoms with Gasteiger partial charge in [-0.05, 0) is 41.3 Å². The lowest BCUT2D eigenvalue weighted by Crippen LogP contribution is -2.36. The third-order valence-electron chi connectivity index (χ3n) is 5.64. The number of rotatable bonds is 7. The highest BCUT2D eigenvalue weighted by molar-refractivity contribution is 7.10. The van der Waals surface area contributed by atoms with Gasteiger partial charge in [0.15, 0.2) is 5.82 Å². The van der Waals surface area contributed by atoms with Crippen molar-refractivity contribution in [1.82, 2.24) is 20.5 Å². The molecule has 2 N–H and O–H groups in total. The molecule has 0 radical (unpaired) electrons. The fraction of sp³-hybridized carbons (Fsp3) is 0.292. The number of thiophene rings is 1. The molecule has 4 heterocycles. The van der Waals surface area contributed by atoms with Gasteiger partial charge in [0, 0.05) is 41.5 Å². The lowest BCUT2D eigenvalue weighted by molar-refractivity contribution is 0.122. The minimum atomic E-state index is 0.696. The molecule has 1 aliphatic rings. The third kappa shape index (κ3) is 4.43. The quantitative estimate of drug-likeness (QED) is 0.446.